The average Bonchev–Trinajstić information content (AvgIpc) is 3.03. The number of nitrogens with zero attached hydrogens (tertiary/aromatic N) is 2. The van der Waals surface area contributed by atoms with Crippen molar-refractivity contribution >= 4 is 16.6 Å². The lowest BCUT2D eigenvalue weighted by molar-refractivity contribution is 0.188. The number of hydrogen-bond acceptors (Lipinski definition) is 2. The Labute approximate surface area is 114 Å². The molecule has 1 aliphatic heterocycles. The number of ether oxygens (including phenoxy) is 1. The highest BCUT2D eigenvalue weighted by atomic mass is 16.5. The van der Waals surface area contributed by atoms with Crippen LogP contribution in [0.25, 0.3) is 10.9 Å². The molecule has 0 radical (unpaired) electrons. The van der Waals surface area contributed by atoms with E-state index in [9.17, 15) is 0 Å². The van der Waals surface area contributed by atoms with Crippen LogP contribution in [0.1, 0.15) is 18.5 Å². The first-order chi connectivity index (χ1) is 9.29. The van der Waals surface area contributed by atoms with Crippen LogP contribution in [-0.4, -0.2) is 31.4 Å². The molecule has 0 aliphatic carbocycles. The van der Waals surface area contributed by atoms with Crippen molar-refractivity contribution in [1.82, 2.24) is 4.57 Å². The first kappa shape index (κ1) is 12.5. The zero-order chi connectivity index (χ0) is 13.2. The fourth-order valence-electron chi connectivity index (χ4n) is 3.05. The Morgan fingerprint density at radius 2 is 1.95 bits per heavy atom. The molecule has 0 N–H and O–H groups in total. The van der Waals surface area contributed by atoms with Crippen LogP contribution < -0.4 is 4.90 Å². The minimum Gasteiger partial charge on any atom is -0.383 e. The van der Waals surface area contributed by atoms with E-state index in [1.54, 1.807) is 7.11 Å². The van der Waals surface area contributed by atoms with Crippen LogP contribution >= 0.6 is 0 Å². The Hall–Kier alpha value is -1.48. The molecule has 0 unspecified atom stereocenters. The summed E-state index contributed by atoms with van der Waals surface area (Å²) in [7, 11) is 1.76. The molecule has 19 heavy (non-hydrogen) atoms. The van der Waals surface area contributed by atoms with Gasteiger partial charge in [-0.3, -0.25) is 0 Å². The molecule has 0 amide bonds. The van der Waals surface area contributed by atoms with Crippen molar-refractivity contribution in [3.8, 4) is 0 Å². The molecule has 1 aromatic heterocycles. The molecular weight excluding hydrogens is 236 g/mol. The topological polar surface area (TPSA) is 17.4 Å². The number of anilines is 1. The van der Waals surface area contributed by atoms with Crippen molar-refractivity contribution in [3.63, 3.8) is 0 Å². The van der Waals surface area contributed by atoms with Crippen molar-refractivity contribution < 1.29 is 4.74 Å². The van der Waals surface area contributed by atoms with Crippen LogP contribution in [0.4, 0.5) is 5.69 Å². The number of fused-ring (bicyclic) bond motifs is 1. The van der Waals surface area contributed by atoms with Gasteiger partial charge in [0.15, 0.2) is 0 Å². The Kier molecular flexibility index (Phi) is 3.47. The second kappa shape index (κ2) is 5.25. The largest absolute Gasteiger partial charge is 0.383 e. The van der Waals surface area contributed by atoms with E-state index in [1.165, 1.54) is 48.2 Å². The van der Waals surface area contributed by atoms with E-state index in [1.807, 2.05) is 0 Å². The van der Waals surface area contributed by atoms with E-state index in [-0.39, 0.29) is 0 Å². The molecule has 1 aliphatic rings. The Morgan fingerprint density at radius 1 is 1.16 bits per heavy atom. The second-order valence-electron chi connectivity index (χ2n) is 5.37. The van der Waals surface area contributed by atoms with E-state index < -0.39 is 0 Å². The molecule has 2 aromatic rings. The molecule has 1 fully saturated rings. The van der Waals surface area contributed by atoms with Crippen molar-refractivity contribution in [2.45, 2.75) is 26.3 Å². The van der Waals surface area contributed by atoms with E-state index in [2.05, 4.69) is 40.7 Å². The van der Waals surface area contributed by atoms with Gasteiger partial charge in [-0.05, 0) is 44.0 Å². The van der Waals surface area contributed by atoms with Gasteiger partial charge in [0.1, 0.15) is 0 Å². The lowest BCUT2D eigenvalue weighted by Gasteiger charge is -2.17. The van der Waals surface area contributed by atoms with E-state index >= 15 is 0 Å². The maximum Gasteiger partial charge on any atom is 0.0642 e. The summed E-state index contributed by atoms with van der Waals surface area (Å²) in [6.45, 7) is 6.27. The third kappa shape index (κ3) is 2.35. The van der Waals surface area contributed by atoms with Gasteiger partial charge in [-0.25, -0.2) is 0 Å². The minimum absolute atomic E-state index is 0.762. The van der Waals surface area contributed by atoms with Crippen LogP contribution in [0.2, 0.25) is 0 Å². The highest BCUT2D eigenvalue weighted by Crippen LogP contribution is 2.27. The van der Waals surface area contributed by atoms with Gasteiger partial charge in [-0.15, -0.1) is 0 Å². The maximum absolute atomic E-state index is 5.20. The highest BCUT2D eigenvalue weighted by molar-refractivity contribution is 5.85. The van der Waals surface area contributed by atoms with Crippen LogP contribution in [-0.2, 0) is 11.3 Å². The summed E-state index contributed by atoms with van der Waals surface area (Å²) in [4.78, 5) is 2.49. The third-order valence-electron chi connectivity index (χ3n) is 4.08. The van der Waals surface area contributed by atoms with E-state index in [0.717, 1.165) is 13.2 Å². The van der Waals surface area contributed by atoms with Gasteiger partial charge in [-0.2, -0.15) is 0 Å². The zero-order valence-electron chi connectivity index (χ0n) is 11.9. The van der Waals surface area contributed by atoms with Crippen molar-refractivity contribution in [3.05, 3.63) is 30.0 Å². The summed E-state index contributed by atoms with van der Waals surface area (Å²) < 4.78 is 7.53. The standard InChI is InChI=1S/C16H22N2O/c1-13-11-14-12-15(17-7-3-4-8-17)5-6-16(14)18(13)9-10-19-2/h5-6,11-12H,3-4,7-10H2,1-2H3. The van der Waals surface area contributed by atoms with Crippen LogP contribution in [0.15, 0.2) is 24.3 Å². The Morgan fingerprint density at radius 3 is 2.68 bits per heavy atom. The third-order valence-corrected chi connectivity index (χ3v) is 4.08. The molecule has 0 atom stereocenters. The molecule has 3 nitrogen and oxygen atoms in total. The predicted octanol–water partition coefficient (Wildman–Crippen LogP) is 3.20. The first-order valence-electron chi connectivity index (χ1n) is 7.13. The smallest absolute Gasteiger partial charge is 0.0642 e. The van der Waals surface area contributed by atoms with Gasteiger partial charge in [0.05, 0.1) is 6.61 Å². The van der Waals surface area contributed by atoms with Gasteiger partial charge in [0.2, 0.25) is 0 Å². The fraction of sp³-hybridized carbons (Fsp3) is 0.500. The first-order valence-corrected chi connectivity index (χ1v) is 7.13. The SMILES string of the molecule is COCCn1c(C)cc2cc(N3CCCC3)ccc21. The lowest BCUT2D eigenvalue weighted by atomic mass is 10.2. The summed E-state index contributed by atoms with van der Waals surface area (Å²) in [5, 5.41) is 1.35. The zero-order valence-corrected chi connectivity index (χ0v) is 11.9. The maximum atomic E-state index is 5.20. The Balaban J connectivity index is 1.95. The molecule has 3 rings (SSSR count). The highest BCUT2D eigenvalue weighted by Gasteiger charge is 2.13. The summed E-state index contributed by atoms with van der Waals surface area (Å²) in [6.07, 6.45) is 2.65. The van der Waals surface area contributed by atoms with Gasteiger partial charge >= 0.3 is 0 Å². The number of rotatable bonds is 4. The molecule has 0 bridgehead atoms. The molecular formula is C16H22N2O. The van der Waals surface area contributed by atoms with Gasteiger partial charge < -0.3 is 14.2 Å². The quantitative estimate of drug-likeness (QED) is 0.838. The monoisotopic (exact) mass is 258 g/mol. The molecule has 1 aromatic carbocycles. The molecule has 0 spiro atoms. The van der Waals surface area contributed by atoms with Gasteiger partial charge in [-0.1, -0.05) is 0 Å². The van der Waals surface area contributed by atoms with E-state index in [0.29, 0.717) is 0 Å². The van der Waals surface area contributed by atoms with Crippen molar-refractivity contribution in [1.29, 1.82) is 0 Å². The molecule has 3 heteroatoms. The molecule has 0 saturated carbocycles. The molecule has 102 valence electrons. The Bertz CT molecular complexity index is 567. The van der Waals surface area contributed by atoms with Crippen LogP contribution in [0, 0.1) is 6.92 Å². The summed E-state index contributed by atoms with van der Waals surface area (Å²) in [6, 6.07) is 9.13. The summed E-state index contributed by atoms with van der Waals surface area (Å²) >= 11 is 0. The van der Waals surface area contributed by atoms with Gasteiger partial charge in [0, 0.05) is 49.0 Å². The number of methoxy groups -OCH3 is 1. The van der Waals surface area contributed by atoms with Crippen LogP contribution in [0.3, 0.4) is 0 Å². The number of hydrogen-bond donors (Lipinski definition) is 0. The lowest BCUT2D eigenvalue weighted by Crippen LogP contribution is -2.17. The predicted molar refractivity (Wildman–Crippen MR) is 80.0 cm³/mol. The summed E-state index contributed by atoms with van der Waals surface area (Å²) in [5.41, 5.74) is 4.00. The van der Waals surface area contributed by atoms with Crippen LogP contribution in [0.5, 0.6) is 0 Å². The number of aryl methyl sites for hydroxylation is 1. The van der Waals surface area contributed by atoms with Gasteiger partial charge in [0.25, 0.3) is 0 Å². The molecule has 2 heterocycles. The number of benzene rings is 1. The van der Waals surface area contributed by atoms with Crippen molar-refractivity contribution in [2.75, 3.05) is 31.7 Å². The number of aromatic nitrogens is 1. The second-order valence-corrected chi connectivity index (χ2v) is 5.37. The normalized spacial score (nSPS) is 15.6. The fourth-order valence-corrected chi connectivity index (χ4v) is 3.05. The minimum atomic E-state index is 0.762. The summed E-state index contributed by atoms with van der Waals surface area (Å²) in [5.74, 6) is 0. The van der Waals surface area contributed by atoms with Crippen molar-refractivity contribution in [2.24, 2.45) is 0 Å². The average molecular weight is 258 g/mol. The van der Waals surface area contributed by atoms with E-state index in [4.69, 9.17) is 4.74 Å². The molecule has 1 saturated heterocycles.